The van der Waals surface area contributed by atoms with Crippen LogP contribution in [0.2, 0.25) is 0 Å². The fourth-order valence-electron chi connectivity index (χ4n) is 0. The first-order chi connectivity index (χ1) is 0. The van der Waals surface area contributed by atoms with E-state index in [0.29, 0.717) is 0 Å². The van der Waals surface area contributed by atoms with Gasteiger partial charge in [-0.05, 0) is 0 Å². The standard InChI is InChI=1S/3ClH.Lu.Yb/h3*1H;;. The second-order valence-electron chi connectivity index (χ2n) is 0. The molecule has 0 saturated heterocycles. The smallest absolute Gasteiger partial charge is 0 e. The van der Waals surface area contributed by atoms with Crippen molar-refractivity contribution in [3.05, 3.63) is 0 Å². The van der Waals surface area contributed by atoms with E-state index in [-0.39, 0.29) is 121 Å². The fraction of sp³-hybridized carbons (Fsp3) is 0. The van der Waals surface area contributed by atoms with E-state index in [1.165, 1.54) is 0 Å². The maximum Gasteiger partial charge on any atom is 0 e. The van der Waals surface area contributed by atoms with Gasteiger partial charge >= 0.3 is 0 Å². The zero-order chi connectivity index (χ0) is 0. The molecule has 0 fully saturated rings. The van der Waals surface area contributed by atoms with Crippen LogP contribution in [0.25, 0.3) is 0 Å². The van der Waals surface area contributed by atoms with E-state index in [4.69, 9.17) is 0 Å². The molecule has 0 N–H and O–H groups in total. The molecule has 5 heteroatoms. The molecule has 0 unspecified atom stereocenters. The average Bonchev–Trinajstić information content (AvgIpc) is 0. The van der Waals surface area contributed by atoms with Gasteiger partial charge in [0.2, 0.25) is 0 Å². The maximum atomic E-state index is 0. The fourth-order valence-corrected chi connectivity index (χ4v) is 0. The molecule has 0 heterocycles. The van der Waals surface area contributed by atoms with Crippen molar-refractivity contribution in [1.29, 1.82) is 0 Å². The third kappa shape index (κ3) is 18.4. The molecule has 0 nitrogen and oxygen atoms in total. The largest absolute Gasteiger partial charge is 0.147 e. The summed E-state index contributed by atoms with van der Waals surface area (Å²) in [5, 5.41) is 0. The summed E-state index contributed by atoms with van der Waals surface area (Å²) in [5.74, 6) is 0. The Morgan fingerprint density at radius 3 is 0.600 bits per heavy atom. The molecule has 0 aromatic carbocycles. The van der Waals surface area contributed by atoms with E-state index in [2.05, 4.69) is 0 Å². The minimum absolute atomic E-state index is 0. The molecule has 0 aliphatic carbocycles. The second-order valence-corrected chi connectivity index (χ2v) is 0. The quantitative estimate of drug-likeness (QED) is 0.514. The Balaban J connectivity index is 0. The van der Waals surface area contributed by atoms with Crippen molar-refractivity contribution in [3.63, 3.8) is 0 Å². The van der Waals surface area contributed by atoms with Crippen LogP contribution in [0.3, 0.4) is 0 Å². The number of rotatable bonds is 0. The van der Waals surface area contributed by atoms with Crippen LogP contribution < -0.4 is 0 Å². The van der Waals surface area contributed by atoms with E-state index in [0.717, 1.165) is 0 Å². The van der Waals surface area contributed by atoms with Gasteiger partial charge in [-0.1, -0.05) is 0 Å². The van der Waals surface area contributed by atoms with Gasteiger partial charge in [0.15, 0.2) is 0 Å². The monoisotopic (exact) mass is 457 g/mol. The van der Waals surface area contributed by atoms with Gasteiger partial charge in [-0.25, -0.2) is 0 Å². The van der Waals surface area contributed by atoms with Crippen LogP contribution in [0, 0.1) is 83.8 Å². The van der Waals surface area contributed by atoms with Crippen LogP contribution >= 0.6 is 37.2 Å². The van der Waals surface area contributed by atoms with Crippen molar-refractivity contribution in [3.8, 4) is 0 Å². The molecule has 0 aromatic rings. The number of hydrogen-bond acceptors (Lipinski definition) is 0. The van der Waals surface area contributed by atoms with Gasteiger partial charge in [-0.15, -0.1) is 37.2 Å². The SMILES string of the molecule is Cl.Cl.Cl.[Lu].[Yb]. The summed E-state index contributed by atoms with van der Waals surface area (Å²) in [4.78, 5) is 0. The van der Waals surface area contributed by atoms with Crippen molar-refractivity contribution in [1.82, 2.24) is 0 Å². The molecule has 0 rings (SSSR count). The van der Waals surface area contributed by atoms with Gasteiger partial charge in [0, 0.05) is 83.8 Å². The van der Waals surface area contributed by atoms with Gasteiger partial charge in [0.25, 0.3) is 0 Å². The first-order valence-corrected chi connectivity index (χ1v) is 0. The van der Waals surface area contributed by atoms with Gasteiger partial charge in [0.1, 0.15) is 0 Å². The number of halogens is 3. The molecule has 0 amide bonds. The molecule has 0 spiro atoms. The minimum atomic E-state index is 0. The van der Waals surface area contributed by atoms with Crippen molar-refractivity contribution < 1.29 is 83.8 Å². The molecule has 0 bridgehead atoms. The van der Waals surface area contributed by atoms with E-state index >= 15 is 0 Å². The Bertz CT molecular complexity index is 6.85. The Morgan fingerprint density at radius 1 is 0.600 bits per heavy atom. The molecule has 0 atom stereocenters. The summed E-state index contributed by atoms with van der Waals surface area (Å²) in [6, 6.07) is 0. The number of hydrogen-bond donors (Lipinski definition) is 0. The Labute approximate surface area is 118 Å². The van der Waals surface area contributed by atoms with Crippen LogP contribution in [0.1, 0.15) is 0 Å². The predicted octanol–water partition coefficient (Wildman–Crippen LogP) is 1.27. The third-order valence-electron chi connectivity index (χ3n) is 0. The third-order valence-corrected chi connectivity index (χ3v) is 0. The van der Waals surface area contributed by atoms with Crippen LogP contribution in [0.5, 0.6) is 0 Å². The molecule has 1 radical (unpaired) electrons. The van der Waals surface area contributed by atoms with Crippen molar-refractivity contribution >= 4 is 37.2 Å². The summed E-state index contributed by atoms with van der Waals surface area (Å²) in [6.07, 6.45) is 0. The van der Waals surface area contributed by atoms with Gasteiger partial charge in [-0.2, -0.15) is 0 Å². The summed E-state index contributed by atoms with van der Waals surface area (Å²) < 4.78 is 0. The maximum absolute atomic E-state index is 0. The summed E-state index contributed by atoms with van der Waals surface area (Å²) in [7, 11) is 0. The molecule has 0 aliphatic rings. The first kappa shape index (κ1) is 38.2. The van der Waals surface area contributed by atoms with Crippen LogP contribution in [-0.2, 0) is 0 Å². The van der Waals surface area contributed by atoms with E-state index in [9.17, 15) is 0 Å². The second kappa shape index (κ2) is 25.5. The summed E-state index contributed by atoms with van der Waals surface area (Å²) in [5.41, 5.74) is 0. The van der Waals surface area contributed by atoms with Crippen LogP contribution in [0.4, 0.5) is 0 Å². The molecule has 0 aliphatic heterocycles. The van der Waals surface area contributed by atoms with E-state index in [1.807, 2.05) is 0 Å². The van der Waals surface area contributed by atoms with E-state index < -0.39 is 0 Å². The van der Waals surface area contributed by atoms with E-state index in [1.54, 1.807) is 0 Å². The van der Waals surface area contributed by atoms with Gasteiger partial charge in [0.05, 0.1) is 0 Å². The minimum Gasteiger partial charge on any atom is -0.147 e. The first-order valence-electron chi connectivity index (χ1n) is 0. The van der Waals surface area contributed by atoms with Crippen LogP contribution in [-0.4, -0.2) is 0 Å². The van der Waals surface area contributed by atoms with Gasteiger partial charge < -0.3 is 0 Å². The molecular weight excluding hydrogens is 454 g/mol. The normalized spacial score (nSPS) is 0. The Morgan fingerprint density at radius 2 is 0.600 bits per heavy atom. The molecular formula is H3Cl3LuYb. The van der Waals surface area contributed by atoms with Crippen molar-refractivity contribution in [2.24, 2.45) is 0 Å². The zero-order valence-corrected chi connectivity index (χ0v) is 7.57. The summed E-state index contributed by atoms with van der Waals surface area (Å²) >= 11 is 0. The van der Waals surface area contributed by atoms with Crippen molar-refractivity contribution in [2.45, 2.75) is 0 Å². The van der Waals surface area contributed by atoms with Crippen LogP contribution in [0.15, 0.2) is 0 Å². The zero-order valence-electron chi connectivity index (χ0n) is 1.75. The molecule has 5 heavy (non-hydrogen) atoms. The summed E-state index contributed by atoms with van der Waals surface area (Å²) in [6.45, 7) is 0. The van der Waals surface area contributed by atoms with Gasteiger partial charge in [-0.3, -0.25) is 0 Å². The Kier molecular flexibility index (Phi) is 194. The Hall–Kier alpha value is 3.62. The molecule has 0 aromatic heterocycles. The molecule has 0 saturated carbocycles. The average molecular weight is 457 g/mol. The topological polar surface area (TPSA) is 0 Å². The predicted molar refractivity (Wildman–Crippen MR) is 21.7 cm³/mol. The molecule has 53 valence electrons. The van der Waals surface area contributed by atoms with Crippen molar-refractivity contribution in [2.75, 3.05) is 0 Å².